The van der Waals surface area contributed by atoms with Crippen molar-refractivity contribution in [1.82, 2.24) is 19.5 Å². The van der Waals surface area contributed by atoms with Crippen LogP contribution in [0.15, 0.2) is 29.0 Å². The minimum absolute atomic E-state index is 0.0601. The molecule has 3 aromatic rings. The zero-order valence-electron chi connectivity index (χ0n) is 17.1. The summed E-state index contributed by atoms with van der Waals surface area (Å²) in [7, 11) is 0. The van der Waals surface area contributed by atoms with E-state index in [0.29, 0.717) is 6.54 Å². The largest absolute Gasteiger partial charge is 0.354 e. The number of carbonyl (C=O) groups is 1. The van der Waals surface area contributed by atoms with E-state index in [9.17, 15) is 4.79 Å². The Kier molecular flexibility index (Phi) is 5.18. The molecule has 1 unspecified atom stereocenters. The maximum absolute atomic E-state index is 13.0. The summed E-state index contributed by atoms with van der Waals surface area (Å²) in [6, 6.07) is 5.91. The summed E-state index contributed by atoms with van der Waals surface area (Å²) >= 11 is 3.54. The van der Waals surface area contributed by atoms with Gasteiger partial charge in [-0.15, -0.1) is 0 Å². The highest BCUT2D eigenvalue weighted by Gasteiger charge is 2.29. The van der Waals surface area contributed by atoms with Crippen molar-refractivity contribution in [2.75, 3.05) is 23.3 Å². The summed E-state index contributed by atoms with van der Waals surface area (Å²) in [6.07, 6.45) is 6.80. The lowest BCUT2D eigenvalue weighted by Crippen LogP contribution is -2.41. The smallest absolute Gasteiger partial charge is 0.229 e. The number of halogens is 1. The molecule has 0 saturated carbocycles. The summed E-state index contributed by atoms with van der Waals surface area (Å²) in [6.45, 7) is 4.53. The molecule has 4 heterocycles. The van der Waals surface area contributed by atoms with E-state index in [-0.39, 0.29) is 11.8 Å². The van der Waals surface area contributed by atoms with Gasteiger partial charge in [-0.2, -0.15) is 0 Å². The standard InChI is InChI=1S/C22H25BrN6O/c1-14-7-8-16(11-17(14)23)26-22(30)15-5-4-9-28(12-15)20-19-21(25-13-24-20)29-10-3-2-6-18(29)27-19/h7-8,11,13,15H,2-6,9-10,12H2,1H3,(H,26,30). The average molecular weight is 469 g/mol. The van der Waals surface area contributed by atoms with Gasteiger partial charge in [0.25, 0.3) is 0 Å². The van der Waals surface area contributed by atoms with Crippen LogP contribution in [0.1, 0.15) is 37.1 Å². The SMILES string of the molecule is Cc1ccc(NC(=O)C2CCCN(c3ncnc4c3nc3n4CCCC3)C2)cc1Br. The molecule has 0 spiro atoms. The fraction of sp³-hybridized carbons (Fsp3) is 0.455. The van der Waals surface area contributed by atoms with Crippen molar-refractivity contribution >= 4 is 44.5 Å². The van der Waals surface area contributed by atoms with Gasteiger partial charge in [0.1, 0.15) is 12.2 Å². The fourth-order valence-corrected chi connectivity index (χ4v) is 4.86. The maximum Gasteiger partial charge on any atom is 0.229 e. The third-order valence-electron chi connectivity index (χ3n) is 6.15. The van der Waals surface area contributed by atoms with E-state index in [4.69, 9.17) is 4.98 Å². The number of piperidine rings is 1. The lowest BCUT2D eigenvalue weighted by atomic mass is 9.97. The Labute approximate surface area is 184 Å². The van der Waals surface area contributed by atoms with Crippen LogP contribution >= 0.6 is 15.9 Å². The Hall–Kier alpha value is -2.48. The normalized spacial score (nSPS) is 19.0. The molecule has 2 aromatic heterocycles. The lowest BCUT2D eigenvalue weighted by Gasteiger charge is -2.32. The first kappa shape index (κ1) is 19.5. The molecule has 5 rings (SSSR count). The zero-order chi connectivity index (χ0) is 20.7. The van der Waals surface area contributed by atoms with Crippen molar-refractivity contribution in [3.05, 3.63) is 40.4 Å². The molecule has 156 valence electrons. The number of anilines is 2. The molecule has 0 radical (unpaired) electrons. The van der Waals surface area contributed by atoms with E-state index < -0.39 is 0 Å². The Morgan fingerprint density at radius 3 is 2.97 bits per heavy atom. The van der Waals surface area contributed by atoms with Crippen LogP contribution in [-0.4, -0.2) is 38.5 Å². The summed E-state index contributed by atoms with van der Waals surface area (Å²) in [4.78, 5) is 29.1. The summed E-state index contributed by atoms with van der Waals surface area (Å²) < 4.78 is 3.23. The van der Waals surface area contributed by atoms with Crippen LogP contribution in [0.25, 0.3) is 11.2 Å². The third-order valence-corrected chi connectivity index (χ3v) is 7.01. The van der Waals surface area contributed by atoms with E-state index in [1.807, 2.05) is 25.1 Å². The summed E-state index contributed by atoms with van der Waals surface area (Å²) in [5.41, 5.74) is 3.76. The summed E-state index contributed by atoms with van der Waals surface area (Å²) in [5.74, 6) is 1.94. The van der Waals surface area contributed by atoms with Crippen molar-refractivity contribution in [3.63, 3.8) is 0 Å². The molecule has 1 amide bonds. The van der Waals surface area contributed by atoms with Gasteiger partial charge in [0.2, 0.25) is 5.91 Å². The van der Waals surface area contributed by atoms with Crippen LogP contribution in [0.4, 0.5) is 11.5 Å². The third kappa shape index (κ3) is 3.57. The van der Waals surface area contributed by atoms with Crippen LogP contribution in [0.3, 0.4) is 0 Å². The number of amides is 1. The van der Waals surface area contributed by atoms with Gasteiger partial charge in [-0.3, -0.25) is 4.79 Å². The number of rotatable bonds is 3. The van der Waals surface area contributed by atoms with Gasteiger partial charge in [-0.25, -0.2) is 15.0 Å². The second-order valence-electron chi connectivity index (χ2n) is 8.24. The van der Waals surface area contributed by atoms with E-state index >= 15 is 0 Å². The van der Waals surface area contributed by atoms with Crippen LogP contribution < -0.4 is 10.2 Å². The monoisotopic (exact) mass is 468 g/mol. The van der Waals surface area contributed by atoms with E-state index in [0.717, 1.165) is 70.9 Å². The van der Waals surface area contributed by atoms with Gasteiger partial charge in [-0.05, 0) is 50.3 Å². The number of aryl methyl sites for hydroxylation is 3. The van der Waals surface area contributed by atoms with Crippen molar-refractivity contribution in [2.45, 2.75) is 45.6 Å². The van der Waals surface area contributed by atoms with Crippen LogP contribution in [0, 0.1) is 12.8 Å². The first-order chi connectivity index (χ1) is 14.6. The number of nitrogens with zero attached hydrogens (tertiary/aromatic N) is 5. The summed E-state index contributed by atoms with van der Waals surface area (Å²) in [5, 5.41) is 3.08. The number of fused-ring (bicyclic) bond motifs is 3. The molecule has 2 aliphatic heterocycles. The van der Waals surface area contributed by atoms with Gasteiger partial charge in [0.05, 0.1) is 5.92 Å². The van der Waals surface area contributed by atoms with Crippen LogP contribution in [0.2, 0.25) is 0 Å². The molecule has 1 atom stereocenters. The zero-order valence-corrected chi connectivity index (χ0v) is 18.7. The van der Waals surface area contributed by atoms with Crippen molar-refractivity contribution in [2.24, 2.45) is 5.92 Å². The highest BCUT2D eigenvalue weighted by molar-refractivity contribution is 9.10. The Balaban J connectivity index is 1.37. The topological polar surface area (TPSA) is 75.9 Å². The van der Waals surface area contributed by atoms with Gasteiger partial charge in [-0.1, -0.05) is 22.0 Å². The molecule has 30 heavy (non-hydrogen) atoms. The van der Waals surface area contributed by atoms with E-state index in [2.05, 4.69) is 40.7 Å². The molecule has 1 N–H and O–H groups in total. The molecule has 1 saturated heterocycles. The van der Waals surface area contributed by atoms with E-state index in [1.54, 1.807) is 6.33 Å². The van der Waals surface area contributed by atoms with Crippen molar-refractivity contribution in [3.8, 4) is 0 Å². The second-order valence-corrected chi connectivity index (χ2v) is 9.10. The fourth-order valence-electron chi connectivity index (χ4n) is 4.48. The molecule has 1 fully saturated rings. The highest BCUT2D eigenvalue weighted by atomic mass is 79.9. The second kappa shape index (κ2) is 7.98. The predicted octanol–water partition coefficient (Wildman–Crippen LogP) is 4.09. The minimum Gasteiger partial charge on any atom is -0.354 e. The first-order valence-electron chi connectivity index (χ1n) is 10.6. The Morgan fingerprint density at radius 1 is 1.20 bits per heavy atom. The van der Waals surface area contributed by atoms with Gasteiger partial charge in [0.15, 0.2) is 17.0 Å². The molecule has 0 bridgehead atoms. The van der Waals surface area contributed by atoms with Crippen molar-refractivity contribution in [1.29, 1.82) is 0 Å². The molecule has 2 aliphatic rings. The number of carbonyl (C=O) groups excluding carboxylic acids is 1. The number of nitrogens with one attached hydrogen (secondary N) is 1. The number of hydrogen-bond acceptors (Lipinski definition) is 5. The number of aromatic nitrogens is 4. The molecule has 8 heteroatoms. The van der Waals surface area contributed by atoms with E-state index in [1.165, 1.54) is 12.8 Å². The number of imidazole rings is 1. The van der Waals surface area contributed by atoms with Crippen LogP contribution in [-0.2, 0) is 17.8 Å². The highest BCUT2D eigenvalue weighted by Crippen LogP contribution is 2.30. The Morgan fingerprint density at radius 2 is 2.10 bits per heavy atom. The first-order valence-corrected chi connectivity index (χ1v) is 11.4. The van der Waals surface area contributed by atoms with Crippen LogP contribution in [0.5, 0.6) is 0 Å². The Bertz CT molecular complexity index is 1110. The molecule has 1 aromatic carbocycles. The van der Waals surface area contributed by atoms with Gasteiger partial charge >= 0.3 is 0 Å². The predicted molar refractivity (Wildman–Crippen MR) is 121 cm³/mol. The van der Waals surface area contributed by atoms with Gasteiger partial charge < -0.3 is 14.8 Å². The van der Waals surface area contributed by atoms with Gasteiger partial charge in [0, 0.05) is 36.2 Å². The maximum atomic E-state index is 13.0. The van der Waals surface area contributed by atoms with Crippen molar-refractivity contribution < 1.29 is 4.79 Å². The minimum atomic E-state index is -0.0823. The molecular weight excluding hydrogens is 444 g/mol. The number of benzene rings is 1. The quantitative estimate of drug-likeness (QED) is 0.626. The average Bonchev–Trinajstić information content (AvgIpc) is 3.15. The number of hydrogen-bond donors (Lipinski definition) is 1. The molecule has 7 nitrogen and oxygen atoms in total. The lowest BCUT2D eigenvalue weighted by molar-refractivity contribution is -0.120. The molecule has 0 aliphatic carbocycles. The molecular formula is C22H25BrN6O.